The standard InChI is InChI=1S/C9H17ClO3S/c1-6-9(10,14(5,12)13)7(11)8(2,3)4/h6H2,1-5H3/t9-/m0/s1. The lowest BCUT2D eigenvalue weighted by molar-refractivity contribution is -0.126. The van der Waals surface area contributed by atoms with Crippen molar-refractivity contribution in [2.45, 2.75) is 38.3 Å². The van der Waals surface area contributed by atoms with Gasteiger partial charge in [0.25, 0.3) is 0 Å². The molecule has 0 aromatic rings. The van der Waals surface area contributed by atoms with Crippen LogP contribution in [0.2, 0.25) is 0 Å². The van der Waals surface area contributed by atoms with E-state index in [-0.39, 0.29) is 6.42 Å². The number of Topliss-reactive ketones (excluding diaryl/α,β-unsaturated/α-hetero) is 1. The highest BCUT2D eigenvalue weighted by Crippen LogP contribution is 2.34. The van der Waals surface area contributed by atoms with Crippen molar-refractivity contribution in [1.29, 1.82) is 0 Å². The monoisotopic (exact) mass is 240 g/mol. The van der Waals surface area contributed by atoms with E-state index in [0.717, 1.165) is 6.26 Å². The molecule has 84 valence electrons. The van der Waals surface area contributed by atoms with Crippen molar-refractivity contribution in [2.75, 3.05) is 6.26 Å². The number of hydrogen-bond donors (Lipinski definition) is 0. The lowest BCUT2D eigenvalue weighted by Crippen LogP contribution is -2.46. The average molecular weight is 241 g/mol. The summed E-state index contributed by atoms with van der Waals surface area (Å²) in [5.41, 5.74) is -0.749. The van der Waals surface area contributed by atoms with Crippen LogP contribution in [0, 0.1) is 5.41 Å². The van der Waals surface area contributed by atoms with Gasteiger partial charge in [-0.1, -0.05) is 39.3 Å². The molecule has 0 heterocycles. The largest absolute Gasteiger partial charge is 0.296 e. The van der Waals surface area contributed by atoms with Gasteiger partial charge in [-0.05, 0) is 6.42 Å². The molecule has 5 heteroatoms. The minimum atomic E-state index is -3.58. The molecule has 0 aliphatic rings. The van der Waals surface area contributed by atoms with E-state index in [4.69, 9.17) is 11.6 Å². The zero-order valence-corrected chi connectivity index (χ0v) is 10.8. The van der Waals surface area contributed by atoms with E-state index >= 15 is 0 Å². The average Bonchev–Trinajstić information content (AvgIpc) is 1.97. The molecule has 0 unspecified atom stereocenters. The Kier molecular flexibility index (Phi) is 3.79. The van der Waals surface area contributed by atoms with Crippen LogP contribution in [-0.2, 0) is 14.6 Å². The minimum absolute atomic E-state index is 0.0868. The minimum Gasteiger partial charge on any atom is -0.296 e. The summed E-state index contributed by atoms with van der Waals surface area (Å²) >= 11 is 5.90. The van der Waals surface area contributed by atoms with Gasteiger partial charge in [0.1, 0.15) is 0 Å². The van der Waals surface area contributed by atoms with Crippen molar-refractivity contribution in [3.8, 4) is 0 Å². The molecule has 3 nitrogen and oxygen atoms in total. The molecule has 1 atom stereocenters. The van der Waals surface area contributed by atoms with Gasteiger partial charge in [-0.15, -0.1) is 0 Å². The van der Waals surface area contributed by atoms with Gasteiger partial charge in [0.2, 0.25) is 4.21 Å². The zero-order chi connectivity index (χ0) is 11.8. The topological polar surface area (TPSA) is 51.2 Å². The normalized spacial score (nSPS) is 17.6. The third kappa shape index (κ3) is 2.48. The third-order valence-corrected chi connectivity index (χ3v) is 4.99. The summed E-state index contributed by atoms with van der Waals surface area (Å²) in [6.45, 7) is 6.58. The fraction of sp³-hybridized carbons (Fsp3) is 0.889. The number of alkyl halides is 1. The summed E-state index contributed by atoms with van der Waals surface area (Å²) in [5, 5.41) is 0. The van der Waals surface area contributed by atoms with Crippen molar-refractivity contribution in [1.82, 2.24) is 0 Å². The predicted octanol–water partition coefficient (Wildman–Crippen LogP) is 1.99. The second-order valence-corrected chi connectivity index (χ2v) is 7.54. The second kappa shape index (κ2) is 3.81. The molecule has 0 aromatic heterocycles. The van der Waals surface area contributed by atoms with Gasteiger partial charge in [-0.2, -0.15) is 0 Å². The van der Waals surface area contributed by atoms with Crippen LogP contribution < -0.4 is 0 Å². The molecule has 0 rings (SSSR count). The molecule has 0 spiro atoms. The lowest BCUT2D eigenvalue weighted by atomic mass is 9.88. The maximum Gasteiger partial charge on any atom is 0.203 e. The van der Waals surface area contributed by atoms with Crippen molar-refractivity contribution < 1.29 is 13.2 Å². The van der Waals surface area contributed by atoms with Crippen LogP contribution in [0.25, 0.3) is 0 Å². The molecule has 14 heavy (non-hydrogen) atoms. The highest BCUT2D eigenvalue weighted by atomic mass is 35.5. The van der Waals surface area contributed by atoms with E-state index in [1.165, 1.54) is 0 Å². The first-order valence-corrected chi connectivity index (χ1v) is 6.67. The van der Waals surface area contributed by atoms with Crippen LogP contribution in [0.15, 0.2) is 0 Å². The van der Waals surface area contributed by atoms with E-state index in [2.05, 4.69) is 0 Å². The Balaban J connectivity index is 5.42. The Morgan fingerprint density at radius 1 is 1.29 bits per heavy atom. The van der Waals surface area contributed by atoms with E-state index in [1.807, 2.05) is 0 Å². The van der Waals surface area contributed by atoms with Gasteiger partial charge >= 0.3 is 0 Å². The SMILES string of the molecule is CC[C@@](Cl)(C(=O)C(C)(C)C)S(C)(=O)=O. The smallest absolute Gasteiger partial charge is 0.203 e. The Morgan fingerprint density at radius 3 is 1.71 bits per heavy atom. The number of halogens is 1. The molecule has 0 bridgehead atoms. The van der Waals surface area contributed by atoms with Gasteiger partial charge < -0.3 is 0 Å². The van der Waals surface area contributed by atoms with E-state index in [0.29, 0.717) is 0 Å². The maximum absolute atomic E-state index is 11.9. The van der Waals surface area contributed by atoms with E-state index in [1.54, 1.807) is 27.7 Å². The molecule has 0 saturated carbocycles. The summed E-state index contributed by atoms with van der Waals surface area (Å²) in [4.78, 5) is 11.9. The Hall–Kier alpha value is -0.0900. The van der Waals surface area contributed by atoms with Crippen LogP contribution in [0.5, 0.6) is 0 Å². The van der Waals surface area contributed by atoms with Crippen LogP contribution in [0.1, 0.15) is 34.1 Å². The highest BCUT2D eigenvalue weighted by molar-refractivity contribution is 7.94. The molecule has 0 saturated heterocycles. The van der Waals surface area contributed by atoms with Crippen LogP contribution in [0.3, 0.4) is 0 Å². The summed E-state index contributed by atoms with van der Waals surface area (Å²) < 4.78 is 21.1. The zero-order valence-electron chi connectivity index (χ0n) is 9.22. The van der Waals surface area contributed by atoms with Crippen molar-refractivity contribution in [2.24, 2.45) is 5.41 Å². The molecule has 0 amide bonds. The molecule has 0 aliphatic carbocycles. The van der Waals surface area contributed by atoms with Crippen molar-refractivity contribution in [3.63, 3.8) is 0 Å². The molecule has 0 N–H and O–H groups in total. The summed E-state index contributed by atoms with van der Waals surface area (Å²) in [5.74, 6) is -0.448. The van der Waals surface area contributed by atoms with Crippen molar-refractivity contribution >= 4 is 27.2 Å². The van der Waals surface area contributed by atoms with Gasteiger partial charge in [0, 0.05) is 11.7 Å². The van der Waals surface area contributed by atoms with E-state index in [9.17, 15) is 13.2 Å². The number of sulfone groups is 1. The number of rotatable bonds is 3. The van der Waals surface area contributed by atoms with Gasteiger partial charge in [-0.3, -0.25) is 4.79 Å². The number of hydrogen-bond acceptors (Lipinski definition) is 3. The first-order chi connectivity index (χ1) is 5.97. The molecule has 0 radical (unpaired) electrons. The summed E-state index contributed by atoms with van der Waals surface area (Å²) in [6, 6.07) is 0. The molecule has 0 fully saturated rings. The van der Waals surface area contributed by atoms with E-state index < -0.39 is 25.2 Å². The van der Waals surface area contributed by atoms with Gasteiger partial charge in [0.15, 0.2) is 15.6 Å². The maximum atomic E-state index is 11.9. The number of carbonyl (C=O) groups excluding carboxylic acids is 1. The molecular weight excluding hydrogens is 224 g/mol. The highest BCUT2D eigenvalue weighted by Gasteiger charge is 2.48. The van der Waals surface area contributed by atoms with Crippen LogP contribution >= 0.6 is 11.6 Å². The Morgan fingerprint density at radius 2 is 1.64 bits per heavy atom. The number of ketones is 1. The third-order valence-electron chi connectivity index (χ3n) is 2.06. The summed E-state index contributed by atoms with van der Waals surface area (Å²) in [6.07, 6.45) is 1.08. The van der Waals surface area contributed by atoms with Gasteiger partial charge in [0.05, 0.1) is 0 Å². The molecular formula is C9H17ClO3S. The Labute approximate surface area is 90.7 Å². The molecule has 0 aliphatic heterocycles. The lowest BCUT2D eigenvalue weighted by Gasteiger charge is -2.29. The Bertz CT molecular complexity index is 326. The second-order valence-electron chi connectivity index (χ2n) is 4.43. The summed E-state index contributed by atoms with van der Waals surface area (Å²) in [7, 11) is -3.58. The molecule has 0 aromatic carbocycles. The fourth-order valence-corrected chi connectivity index (χ4v) is 2.60. The van der Waals surface area contributed by atoms with Crippen LogP contribution in [-0.4, -0.2) is 24.7 Å². The quantitative estimate of drug-likeness (QED) is 0.709. The number of carbonyl (C=O) groups is 1. The van der Waals surface area contributed by atoms with Gasteiger partial charge in [-0.25, -0.2) is 8.42 Å². The first kappa shape index (κ1) is 13.9. The fourth-order valence-electron chi connectivity index (χ4n) is 1.15. The predicted molar refractivity (Wildman–Crippen MR) is 58.2 cm³/mol. The van der Waals surface area contributed by atoms with Crippen molar-refractivity contribution in [3.05, 3.63) is 0 Å². The van der Waals surface area contributed by atoms with Crippen LogP contribution in [0.4, 0.5) is 0 Å². The first-order valence-electron chi connectivity index (χ1n) is 4.40.